The van der Waals surface area contributed by atoms with Gasteiger partial charge in [0.1, 0.15) is 11.3 Å². The highest BCUT2D eigenvalue weighted by molar-refractivity contribution is 7.90. The van der Waals surface area contributed by atoms with Crippen LogP contribution in [-0.4, -0.2) is 34.9 Å². The quantitative estimate of drug-likeness (QED) is 0.330. The van der Waals surface area contributed by atoms with Gasteiger partial charge in [0.25, 0.3) is 5.91 Å². The predicted molar refractivity (Wildman–Crippen MR) is 140 cm³/mol. The van der Waals surface area contributed by atoms with Gasteiger partial charge in [0.05, 0.1) is 10.6 Å². The van der Waals surface area contributed by atoms with E-state index in [1.807, 2.05) is 59.3 Å². The number of nitrogens with one attached hydrogen (secondary N) is 1. The molecule has 0 radical (unpaired) electrons. The second-order valence-electron chi connectivity index (χ2n) is 8.38. The van der Waals surface area contributed by atoms with Crippen LogP contribution in [0.4, 0.5) is 5.69 Å². The summed E-state index contributed by atoms with van der Waals surface area (Å²) in [6.45, 7) is 0. The van der Waals surface area contributed by atoms with Crippen molar-refractivity contribution in [1.29, 1.82) is 0 Å². The number of pyridine rings is 2. The maximum absolute atomic E-state index is 13.2. The summed E-state index contributed by atoms with van der Waals surface area (Å²) in [6.07, 6.45) is 6.52. The second kappa shape index (κ2) is 9.56. The number of carbonyl (C=O) groups excluding carboxylic acids is 1. The highest BCUT2D eigenvalue weighted by atomic mass is 35.5. The molecule has 0 fully saturated rings. The molecule has 0 saturated carbocycles. The molecule has 36 heavy (non-hydrogen) atoms. The molecule has 7 nitrogen and oxygen atoms in total. The van der Waals surface area contributed by atoms with Gasteiger partial charge in [-0.15, -0.1) is 0 Å². The lowest BCUT2D eigenvalue weighted by molar-refractivity contribution is 0.102. The smallest absolute Gasteiger partial charge is 0.274 e. The van der Waals surface area contributed by atoms with Gasteiger partial charge < -0.3 is 9.72 Å². The van der Waals surface area contributed by atoms with Crippen molar-refractivity contribution in [3.63, 3.8) is 0 Å². The number of imidazole rings is 1. The molecule has 180 valence electrons. The SMILES string of the molecule is CS(=O)(=O)c1cnc(C(=O)Nc2ccc(-c3cn4ccccc4n3)cc2)c(Cc2ccc(Cl)cc2)c1. The van der Waals surface area contributed by atoms with Gasteiger partial charge in [-0.05, 0) is 60.0 Å². The number of carbonyl (C=O) groups is 1. The first-order valence-corrected chi connectivity index (χ1v) is 13.3. The Morgan fingerprint density at radius 3 is 2.47 bits per heavy atom. The molecule has 0 bridgehead atoms. The van der Waals surface area contributed by atoms with Gasteiger partial charge in [0.15, 0.2) is 9.84 Å². The zero-order valence-electron chi connectivity index (χ0n) is 19.2. The van der Waals surface area contributed by atoms with Gasteiger partial charge in [-0.2, -0.15) is 0 Å². The van der Waals surface area contributed by atoms with Crippen LogP contribution in [0, 0.1) is 0 Å². The van der Waals surface area contributed by atoms with Crippen molar-refractivity contribution in [2.75, 3.05) is 11.6 Å². The number of aromatic nitrogens is 3. The fourth-order valence-electron chi connectivity index (χ4n) is 3.84. The van der Waals surface area contributed by atoms with Crippen LogP contribution in [0.5, 0.6) is 0 Å². The summed E-state index contributed by atoms with van der Waals surface area (Å²) in [5, 5.41) is 3.45. The first-order valence-electron chi connectivity index (χ1n) is 11.1. The lowest BCUT2D eigenvalue weighted by Crippen LogP contribution is -2.17. The van der Waals surface area contributed by atoms with E-state index >= 15 is 0 Å². The van der Waals surface area contributed by atoms with Crippen molar-refractivity contribution in [3.05, 3.63) is 113 Å². The van der Waals surface area contributed by atoms with Crippen LogP contribution < -0.4 is 5.32 Å². The van der Waals surface area contributed by atoms with Gasteiger partial charge in [-0.3, -0.25) is 4.79 Å². The van der Waals surface area contributed by atoms with Crippen LogP contribution in [0.25, 0.3) is 16.9 Å². The molecule has 5 aromatic rings. The summed E-state index contributed by atoms with van der Waals surface area (Å²) >= 11 is 5.98. The number of sulfone groups is 1. The van der Waals surface area contributed by atoms with Crippen LogP contribution in [0.2, 0.25) is 5.02 Å². The van der Waals surface area contributed by atoms with Crippen LogP contribution in [0.15, 0.2) is 96.3 Å². The maximum Gasteiger partial charge on any atom is 0.274 e. The Morgan fingerprint density at radius 2 is 1.78 bits per heavy atom. The molecule has 5 rings (SSSR count). The topological polar surface area (TPSA) is 93.4 Å². The van der Waals surface area contributed by atoms with Gasteiger partial charge in [0.2, 0.25) is 0 Å². The molecule has 0 aliphatic carbocycles. The predicted octanol–water partition coefficient (Wildman–Crippen LogP) is 5.30. The van der Waals surface area contributed by atoms with Crippen LogP contribution >= 0.6 is 11.6 Å². The zero-order chi connectivity index (χ0) is 25.3. The Kier molecular flexibility index (Phi) is 6.30. The second-order valence-corrected chi connectivity index (χ2v) is 10.8. The average Bonchev–Trinajstić information content (AvgIpc) is 3.30. The highest BCUT2D eigenvalue weighted by Gasteiger charge is 2.18. The molecule has 0 unspecified atom stereocenters. The monoisotopic (exact) mass is 516 g/mol. The van der Waals surface area contributed by atoms with E-state index in [4.69, 9.17) is 11.6 Å². The molecule has 1 N–H and O–H groups in total. The minimum atomic E-state index is -3.49. The Balaban J connectivity index is 1.40. The van der Waals surface area contributed by atoms with Crippen molar-refractivity contribution >= 4 is 38.7 Å². The molecular formula is C27H21ClN4O3S. The van der Waals surface area contributed by atoms with Crippen LogP contribution in [0.1, 0.15) is 21.6 Å². The molecule has 0 spiro atoms. The zero-order valence-corrected chi connectivity index (χ0v) is 20.8. The number of anilines is 1. The Bertz CT molecular complexity index is 1650. The minimum absolute atomic E-state index is 0.0554. The number of amides is 1. The number of halogens is 1. The summed E-state index contributed by atoms with van der Waals surface area (Å²) in [7, 11) is -3.49. The van der Waals surface area contributed by atoms with Crippen LogP contribution in [0.3, 0.4) is 0 Å². The van der Waals surface area contributed by atoms with E-state index in [0.29, 0.717) is 22.7 Å². The van der Waals surface area contributed by atoms with Crippen LogP contribution in [-0.2, 0) is 16.3 Å². The number of fused-ring (bicyclic) bond motifs is 1. The molecule has 2 aromatic carbocycles. The first-order chi connectivity index (χ1) is 17.3. The summed E-state index contributed by atoms with van der Waals surface area (Å²) in [6, 6.07) is 21.8. The largest absolute Gasteiger partial charge is 0.321 e. The van der Waals surface area contributed by atoms with Gasteiger partial charge in [0, 0.05) is 41.1 Å². The summed E-state index contributed by atoms with van der Waals surface area (Å²) in [5.41, 5.74) is 4.69. The van der Waals surface area contributed by atoms with Crippen molar-refractivity contribution in [3.8, 4) is 11.3 Å². The Labute approximate surface area is 213 Å². The third kappa shape index (κ3) is 5.15. The summed E-state index contributed by atoms with van der Waals surface area (Å²) < 4.78 is 26.1. The number of rotatable bonds is 6. The van der Waals surface area contributed by atoms with E-state index in [9.17, 15) is 13.2 Å². The normalized spacial score (nSPS) is 11.5. The van der Waals surface area contributed by atoms with E-state index in [0.717, 1.165) is 28.7 Å². The molecule has 3 aromatic heterocycles. The molecule has 9 heteroatoms. The molecule has 1 amide bonds. The van der Waals surface area contributed by atoms with E-state index in [1.165, 1.54) is 12.3 Å². The maximum atomic E-state index is 13.2. The molecular weight excluding hydrogens is 496 g/mol. The number of nitrogens with zero attached hydrogens (tertiary/aromatic N) is 3. The van der Waals surface area contributed by atoms with E-state index in [1.54, 1.807) is 24.3 Å². The average molecular weight is 517 g/mol. The van der Waals surface area contributed by atoms with Crippen molar-refractivity contribution in [1.82, 2.24) is 14.4 Å². The molecule has 3 heterocycles. The third-order valence-corrected chi connectivity index (χ3v) is 7.03. The number of hydrogen-bond donors (Lipinski definition) is 1. The van der Waals surface area contributed by atoms with Gasteiger partial charge in [-0.1, -0.05) is 41.9 Å². The first kappa shape index (κ1) is 23.7. The molecule has 0 aliphatic heterocycles. The molecule has 0 atom stereocenters. The highest BCUT2D eigenvalue weighted by Crippen LogP contribution is 2.23. The summed E-state index contributed by atoms with van der Waals surface area (Å²) in [5.74, 6) is -0.431. The lowest BCUT2D eigenvalue weighted by Gasteiger charge is -2.12. The van der Waals surface area contributed by atoms with E-state index in [2.05, 4.69) is 15.3 Å². The third-order valence-electron chi connectivity index (χ3n) is 5.70. The lowest BCUT2D eigenvalue weighted by atomic mass is 10.0. The van der Waals surface area contributed by atoms with E-state index < -0.39 is 15.7 Å². The molecule has 0 saturated heterocycles. The standard InChI is InChI=1S/C27H21ClN4O3S/c1-36(34,35)23-15-20(14-18-5-9-21(28)10-6-18)26(29-16-23)27(33)30-22-11-7-19(8-12-22)24-17-32-13-3-2-4-25(32)31-24/h2-13,15-17H,14H2,1H3,(H,30,33). The van der Waals surface area contributed by atoms with Crippen molar-refractivity contribution < 1.29 is 13.2 Å². The summed E-state index contributed by atoms with van der Waals surface area (Å²) in [4.78, 5) is 22.0. The fourth-order valence-corrected chi connectivity index (χ4v) is 4.57. The Hall–Kier alpha value is -4.01. The van der Waals surface area contributed by atoms with Crippen molar-refractivity contribution in [2.45, 2.75) is 11.3 Å². The fraction of sp³-hybridized carbons (Fsp3) is 0.0741. The van der Waals surface area contributed by atoms with Gasteiger partial charge in [-0.25, -0.2) is 18.4 Å². The number of hydrogen-bond acceptors (Lipinski definition) is 5. The Morgan fingerprint density at radius 1 is 1.03 bits per heavy atom. The number of benzene rings is 2. The van der Waals surface area contributed by atoms with Gasteiger partial charge >= 0.3 is 0 Å². The minimum Gasteiger partial charge on any atom is -0.321 e. The van der Waals surface area contributed by atoms with Crippen molar-refractivity contribution in [2.24, 2.45) is 0 Å². The van der Waals surface area contributed by atoms with E-state index in [-0.39, 0.29) is 10.6 Å². The molecule has 0 aliphatic rings.